The Morgan fingerprint density at radius 2 is 1.73 bits per heavy atom. The first-order valence-electron chi connectivity index (χ1n) is 17.9. The number of rotatable bonds is 10. The fraction of sp³-hybridized carbons (Fsp3) is 0.538. The molecule has 7 unspecified atom stereocenters. The highest BCUT2D eigenvalue weighted by molar-refractivity contribution is 5.94. The van der Waals surface area contributed by atoms with Gasteiger partial charge in [-0.05, 0) is 55.5 Å². The third-order valence-corrected chi connectivity index (χ3v) is 10.6. The van der Waals surface area contributed by atoms with Gasteiger partial charge in [0.1, 0.15) is 35.4 Å². The van der Waals surface area contributed by atoms with Crippen LogP contribution in [0.2, 0.25) is 0 Å². The summed E-state index contributed by atoms with van der Waals surface area (Å²) in [5.41, 5.74) is 1.54. The van der Waals surface area contributed by atoms with Crippen LogP contribution in [0.4, 0.5) is 0 Å². The van der Waals surface area contributed by atoms with Gasteiger partial charge in [-0.1, -0.05) is 48.5 Å². The molecule has 2 aromatic rings. The van der Waals surface area contributed by atoms with Crippen molar-refractivity contribution in [3.05, 3.63) is 76.9 Å². The third-order valence-electron chi connectivity index (χ3n) is 10.6. The molecule has 13 nitrogen and oxygen atoms in total. The topological polar surface area (TPSA) is 153 Å². The zero-order chi connectivity index (χ0) is 37.0. The maximum Gasteiger partial charge on any atom is 0.327 e. The molecule has 3 saturated heterocycles. The first kappa shape index (κ1) is 36.2. The lowest BCUT2D eigenvalue weighted by molar-refractivity contribution is -0.217. The predicted molar refractivity (Wildman–Crippen MR) is 186 cm³/mol. The van der Waals surface area contributed by atoms with Gasteiger partial charge >= 0.3 is 11.9 Å². The molecule has 2 aliphatic carbocycles. The van der Waals surface area contributed by atoms with Crippen molar-refractivity contribution in [3.8, 4) is 0 Å². The molecular formula is C39H47N3O10. The molecule has 0 radical (unpaired) electrons. The van der Waals surface area contributed by atoms with E-state index in [1.165, 1.54) is 16.0 Å². The average Bonchev–Trinajstić information content (AvgIpc) is 3.76. The zero-order valence-electron chi connectivity index (χ0n) is 30.2. The van der Waals surface area contributed by atoms with E-state index >= 15 is 0 Å². The second-order valence-electron chi connectivity index (χ2n) is 15.7. The Labute approximate surface area is 303 Å². The summed E-state index contributed by atoms with van der Waals surface area (Å²) in [7, 11) is 3.33. The van der Waals surface area contributed by atoms with Crippen molar-refractivity contribution in [1.29, 1.82) is 0 Å². The molecule has 1 spiro atoms. The number of esters is 2. The Morgan fingerprint density at radius 3 is 2.40 bits per heavy atom. The number of hydroxylamine groups is 2. The van der Waals surface area contributed by atoms with Crippen molar-refractivity contribution >= 4 is 29.8 Å². The predicted octanol–water partition coefficient (Wildman–Crippen LogP) is 2.47. The minimum absolute atomic E-state index is 0.0265. The molecule has 1 saturated carbocycles. The maximum atomic E-state index is 14.8. The van der Waals surface area contributed by atoms with Crippen LogP contribution in [0, 0.1) is 5.41 Å². The third kappa shape index (κ3) is 6.64. The van der Waals surface area contributed by atoms with Crippen LogP contribution < -0.4 is 5.32 Å². The van der Waals surface area contributed by atoms with Crippen molar-refractivity contribution in [2.75, 3.05) is 20.7 Å². The molecular weight excluding hydrogens is 670 g/mol. The number of aliphatic hydroxyl groups excluding tert-OH is 1. The number of nitrogens with one attached hydrogen (secondary N) is 1. The van der Waals surface area contributed by atoms with Crippen LogP contribution in [0.5, 0.6) is 0 Å². The molecule has 5 aliphatic rings. The van der Waals surface area contributed by atoms with E-state index in [-0.39, 0.29) is 31.7 Å². The Kier molecular flexibility index (Phi) is 9.53. The summed E-state index contributed by atoms with van der Waals surface area (Å²) >= 11 is 0. The van der Waals surface area contributed by atoms with Crippen molar-refractivity contribution in [3.63, 3.8) is 0 Å². The molecule has 2 aromatic carbocycles. The molecule has 7 atom stereocenters. The Balaban J connectivity index is 1.21. The highest BCUT2D eigenvalue weighted by Gasteiger charge is 2.76. The van der Waals surface area contributed by atoms with Crippen LogP contribution >= 0.6 is 0 Å². The minimum atomic E-state index is -1.48. The van der Waals surface area contributed by atoms with Gasteiger partial charge in [0.2, 0.25) is 11.8 Å². The highest BCUT2D eigenvalue weighted by atomic mass is 16.8. The van der Waals surface area contributed by atoms with Crippen molar-refractivity contribution in [2.24, 2.45) is 5.41 Å². The first-order chi connectivity index (χ1) is 24.7. The van der Waals surface area contributed by atoms with E-state index in [9.17, 15) is 24.3 Å². The van der Waals surface area contributed by atoms with E-state index in [0.717, 1.165) is 22.3 Å². The van der Waals surface area contributed by atoms with Crippen LogP contribution in [0.3, 0.4) is 0 Å². The van der Waals surface area contributed by atoms with E-state index in [1.54, 1.807) is 40.9 Å². The summed E-state index contributed by atoms with van der Waals surface area (Å²) in [4.78, 5) is 62.0. The number of benzene rings is 2. The van der Waals surface area contributed by atoms with Crippen LogP contribution in [0.15, 0.2) is 54.6 Å². The molecule has 52 heavy (non-hydrogen) atoms. The van der Waals surface area contributed by atoms with Gasteiger partial charge in [-0.15, -0.1) is 0 Å². The Morgan fingerprint density at radius 1 is 1.06 bits per heavy atom. The smallest absolute Gasteiger partial charge is 0.327 e. The molecule has 3 heterocycles. The molecule has 13 heteroatoms. The fourth-order valence-electron chi connectivity index (χ4n) is 8.29. The van der Waals surface area contributed by atoms with Crippen LogP contribution in [-0.4, -0.2) is 107 Å². The Hall–Kier alpha value is -4.14. The van der Waals surface area contributed by atoms with E-state index in [0.29, 0.717) is 12.8 Å². The number of carbonyl (C=O) groups is 4. The van der Waals surface area contributed by atoms with Gasteiger partial charge in [0, 0.05) is 45.9 Å². The summed E-state index contributed by atoms with van der Waals surface area (Å²) < 4.78 is 25.1. The van der Waals surface area contributed by atoms with Gasteiger partial charge < -0.3 is 34.3 Å². The number of amides is 2. The average molecular weight is 718 g/mol. The molecule has 7 rings (SSSR count). The quantitative estimate of drug-likeness (QED) is 0.276. The molecule has 4 fully saturated rings. The minimum Gasteiger partial charge on any atom is -0.460 e. The van der Waals surface area contributed by atoms with Gasteiger partial charge in [-0.3, -0.25) is 24.0 Å². The molecule has 2 N–H and O–H groups in total. The number of nitrogens with zero attached hydrogens (tertiary/aromatic N) is 2. The summed E-state index contributed by atoms with van der Waals surface area (Å²) in [5.74, 6) is -2.78. The summed E-state index contributed by atoms with van der Waals surface area (Å²) in [6, 6.07) is 13.5. The van der Waals surface area contributed by atoms with Crippen molar-refractivity contribution in [2.45, 2.75) is 107 Å². The summed E-state index contributed by atoms with van der Waals surface area (Å²) in [6.07, 6.45) is 1.20. The zero-order valence-corrected chi connectivity index (χ0v) is 30.2. The van der Waals surface area contributed by atoms with Gasteiger partial charge in [-0.2, -0.15) is 5.06 Å². The van der Waals surface area contributed by atoms with Crippen LogP contribution in [0.25, 0.3) is 6.08 Å². The number of hydrogen-bond donors (Lipinski definition) is 2. The number of carbonyl (C=O) groups excluding carboxylic acids is 4. The number of likely N-dealkylation sites (N-methyl/N-ethyl adjacent to an activating group) is 1. The van der Waals surface area contributed by atoms with Gasteiger partial charge in [0.15, 0.2) is 11.8 Å². The summed E-state index contributed by atoms with van der Waals surface area (Å²) in [6.45, 7) is 4.97. The number of hydrogen-bond acceptors (Lipinski definition) is 11. The largest absolute Gasteiger partial charge is 0.460 e. The standard InChI is InChI=1S/C39H47N3O10/c1-37(2,3)49-30(45)17-15-27(22-43)40-36(47)39-20-28-31-32(51-38(50-31)18-24-11-7-8-12-25(24)19-38)34(39)52-42(33(39)35(46)48-28)21-26-13-9-6-10-23(26)14-16-29(44)41(4)5/h6-14,16,27-28,31-34,43H,15,17-22H2,1-5H3,(H,40,47). The van der Waals surface area contributed by atoms with E-state index in [2.05, 4.69) is 5.32 Å². The molecule has 2 bridgehead atoms. The van der Waals surface area contributed by atoms with Crippen molar-refractivity contribution in [1.82, 2.24) is 15.3 Å². The highest BCUT2D eigenvalue weighted by Crippen LogP contribution is 2.58. The van der Waals surface area contributed by atoms with Crippen molar-refractivity contribution < 1.29 is 48.1 Å². The normalized spacial score (nSPS) is 29.0. The second kappa shape index (κ2) is 13.7. The molecule has 278 valence electrons. The van der Waals surface area contributed by atoms with Gasteiger partial charge in [-0.25, -0.2) is 0 Å². The first-order valence-corrected chi connectivity index (χ1v) is 17.9. The SMILES string of the molecule is CN(C)C(=O)C=Cc1ccccc1CN1OC2C3OC4(Cc5ccccc5C4)OC3C3CC2(C(=O)NC(CO)CCC(=O)OC(C)(C)C)C1C(=O)O3. The van der Waals surface area contributed by atoms with Crippen LogP contribution in [0.1, 0.15) is 62.3 Å². The van der Waals surface area contributed by atoms with E-state index in [1.807, 2.05) is 48.5 Å². The number of ether oxygens (including phenoxy) is 4. The van der Waals surface area contributed by atoms with E-state index < -0.39 is 77.8 Å². The molecule has 2 amide bonds. The maximum absolute atomic E-state index is 14.8. The number of aliphatic hydroxyl groups is 1. The lowest BCUT2D eigenvalue weighted by Crippen LogP contribution is -2.70. The second-order valence-corrected chi connectivity index (χ2v) is 15.7. The number of fused-ring (bicyclic) bond motifs is 5. The molecule has 0 aromatic heterocycles. The Bertz CT molecular complexity index is 1750. The molecule has 3 aliphatic heterocycles. The summed E-state index contributed by atoms with van der Waals surface area (Å²) in [5, 5.41) is 14.8. The van der Waals surface area contributed by atoms with E-state index in [4.69, 9.17) is 23.8 Å². The lowest BCUT2D eigenvalue weighted by atomic mass is 9.62. The lowest BCUT2D eigenvalue weighted by Gasteiger charge is -2.49. The van der Waals surface area contributed by atoms with Gasteiger partial charge in [0.25, 0.3) is 0 Å². The van der Waals surface area contributed by atoms with Gasteiger partial charge in [0.05, 0.1) is 19.2 Å². The van der Waals surface area contributed by atoms with Crippen LogP contribution in [-0.2, 0) is 62.3 Å². The monoisotopic (exact) mass is 717 g/mol. The fourth-order valence-corrected chi connectivity index (χ4v) is 8.29.